The van der Waals surface area contributed by atoms with Gasteiger partial charge >= 0.3 is 6.01 Å². The van der Waals surface area contributed by atoms with Crippen molar-refractivity contribution in [3.63, 3.8) is 0 Å². The Bertz CT molecular complexity index is 663. The number of nitrogens with zero attached hydrogens (tertiary/aromatic N) is 2. The Labute approximate surface area is 149 Å². The van der Waals surface area contributed by atoms with E-state index < -0.39 is 5.60 Å². The zero-order valence-corrected chi connectivity index (χ0v) is 15.1. The Hall–Kier alpha value is -1.98. The minimum atomic E-state index is -0.425. The standard InChI is InChI=1S/C20H26N2O3/c1-4-20(15-23-14-16-9-6-5-7-10-16)13-17(19(2,3)25-20)24-18-21-11-8-12-22-18/h5-12,17H,4,13-15H2,1-3H3. The van der Waals surface area contributed by atoms with Crippen molar-refractivity contribution >= 4 is 0 Å². The molecular weight excluding hydrogens is 316 g/mol. The molecule has 0 N–H and O–H groups in total. The lowest BCUT2D eigenvalue weighted by Crippen LogP contribution is -2.38. The van der Waals surface area contributed by atoms with Gasteiger partial charge in [-0.25, -0.2) is 9.97 Å². The first kappa shape index (κ1) is 17.8. The summed E-state index contributed by atoms with van der Waals surface area (Å²) >= 11 is 0. The number of rotatable bonds is 7. The highest BCUT2D eigenvalue weighted by Crippen LogP contribution is 2.41. The van der Waals surface area contributed by atoms with Gasteiger partial charge in [0.05, 0.1) is 18.8 Å². The second-order valence-electron chi connectivity index (χ2n) is 7.06. The van der Waals surface area contributed by atoms with Crippen molar-refractivity contribution in [1.82, 2.24) is 9.97 Å². The summed E-state index contributed by atoms with van der Waals surface area (Å²) in [6.45, 7) is 7.35. The maximum absolute atomic E-state index is 6.40. The number of hydrogen-bond acceptors (Lipinski definition) is 5. The van der Waals surface area contributed by atoms with Crippen molar-refractivity contribution in [3.8, 4) is 6.01 Å². The van der Waals surface area contributed by atoms with Crippen LogP contribution >= 0.6 is 0 Å². The van der Waals surface area contributed by atoms with Crippen molar-refractivity contribution in [3.05, 3.63) is 54.4 Å². The maximum atomic E-state index is 6.40. The van der Waals surface area contributed by atoms with Crippen molar-refractivity contribution in [1.29, 1.82) is 0 Å². The average molecular weight is 342 g/mol. The average Bonchev–Trinajstić information content (AvgIpc) is 2.87. The molecule has 1 aromatic heterocycles. The molecule has 134 valence electrons. The van der Waals surface area contributed by atoms with Crippen LogP contribution in [0.5, 0.6) is 6.01 Å². The van der Waals surface area contributed by atoms with E-state index in [1.807, 2.05) is 18.2 Å². The van der Waals surface area contributed by atoms with E-state index in [0.717, 1.165) is 18.4 Å². The van der Waals surface area contributed by atoms with E-state index in [0.29, 0.717) is 19.2 Å². The molecule has 2 heterocycles. The Morgan fingerprint density at radius 2 is 1.84 bits per heavy atom. The molecular formula is C20H26N2O3. The van der Waals surface area contributed by atoms with Gasteiger partial charge in [-0.05, 0) is 31.9 Å². The molecule has 5 heteroatoms. The van der Waals surface area contributed by atoms with E-state index in [4.69, 9.17) is 14.2 Å². The summed E-state index contributed by atoms with van der Waals surface area (Å²) in [6, 6.07) is 12.3. The molecule has 1 saturated heterocycles. The van der Waals surface area contributed by atoms with Crippen LogP contribution in [0.2, 0.25) is 0 Å². The Balaban J connectivity index is 1.63. The first-order valence-electron chi connectivity index (χ1n) is 8.78. The van der Waals surface area contributed by atoms with Crippen molar-refractivity contribution < 1.29 is 14.2 Å². The zero-order chi connectivity index (χ0) is 17.8. The minimum absolute atomic E-state index is 0.116. The lowest BCUT2D eigenvalue weighted by atomic mass is 9.93. The topological polar surface area (TPSA) is 53.5 Å². The molecule has 0 aliphatic carbocycles. The van der Waals surface area contributed by atoms with Gasteiger partial charge < -0.3 is 14.2 Å². The molecule has 2 atom stereocenters. The second-order valence-corrected chi connectivity index (χ2v) is 7.06. The summed E-state index contributed by atoms with van der Waals surface area (Å²) in [7, 11) is 0. The first-order valence-corrected chi connectivity index (χ1v) is 8.78. The van der Waals surface area contributed by atoms with Crippen molar-refractivity contribution in [2.24, 2.45) is 0 Å². The molecule has 0 bridgehead atoms. The van der Waals surface area contributed by atoms with Crippen LogP contribution in [0.4, 0.5) is 0 Å². The molecule has 5 nitrogen and oxygen atoms in total. The van der Waals surface area contributed by atoms with Crippen LogP contribution in [-0.4, -0.2) is 33.9 Å². The predicted molar refractivity (Wildman–Crippen MR) is 95.3 cm³/mol. The fourth-order valence-electron chi connectivity index (χ4n) is 3.24. The highest BCUT2D eigenvalue weighted by molar-refractivity contribution is 5.13. The fourth-order valence-corrected chi connectivity index (χ4v) is 3.24. The summed E-state index contributed by atoms with van der Waals surface area (Å²) in [6.07, 6.45) is 4.86. The van der Waals surface area contributed by atoms with E-state index in [2.05, 4.69) is 42.9 Å². The van der Waals surface area contributed by atoms with Gasteiger partial charge in [0.1, 0.15) is 11.7 Å². The number of aromatic nitrogens is 2. The van der Waals surface area contributed by atoms with Crippen molar-refractivity contribution in [2.45, 2.75) is 57.5 Å². The molecule has 1 aliphatic rings. The Morgan fingerprint density at radius 1 is 1.12 bits per heavy atom. The first-order chi connectivity index (χ1) is 12.0. The van der Waals surface area contributed by atoms with Crippen LogP contribution in [0.3, 0.4) is 0 Å². The van der Waals surface area contributed by atoms with Crippen LogP contribution < -0.4 is 4.74 Å². The maximum Gasteiger partial charge on any atom is 0.316 e. The van der Waals surface area contributed by atoms with E-state index in [1.165, 1.54) is 0 Å². The fraction of sp³-hybridized carbons (Fsp3) is 0.500. The SMILES string of the molecule is CCC1(COCc2ccccc2)CC(Oc2ncccn2)C(C)(C)O1. The molecule has 1 aromatic carbocycles. The molecule has 1 fully saturated rings. The van der Waals surface area contributed by atoms with Gasteiger partial charge in [0.25, 0.3) is 0 Å². The normalized spacial score (nSPS) is 25.0. The van der Waals surface area contributed by atoms with Crippen molar-refractivity contribution in [2.75, 3.05) is 6.61 Å². The van der Waals surface area contributed by atoms with Crippen LogP contribution in [0, 0.1) is 0 Å². The second kappa shape index (κ2) is 7.50. The summed E-state index contributed by atoms with van der Waals surface area (Å²) < 4.78 is 18.4. The summed E-state index contributed by atoms with van der Waals surface area (Å²) in [4.78, 5) is 8.33. The lowest BCUT2D eigenvalue weighted by molar-refractivity contribution is -0.135. The van der Waals surface area contributed by atoms with E-state index in [-0.39, 0.29) is 11.7 Å². The predicted octanol–water partition coefficient (Wildman–Crippen LogP) is 3.79. The van der Waals surface area contributed by atoms with E-state index in [1.54, 1.807) is 18.5 Å². The molecule has 25 heavy (non-hydrogen) atoms. The largest absolute Gasteiger partial charge is 0.457 e. The molecule has 0 spiro atoms. The van der Waals surface area contributed by atoms with E-state index in [9.17, 15) is 0 Å². The van der Waals surface area contributed by atoms with E-state index >= 15 is 0 Å². The molecule has 2 unspecified atom stereocenters. The monoisotopic (exact) mass is 342 g/mol. The van der Waals surface area contributed by atoms with Gasteiger partial charge in [-0.3, -0.25) is 0 Å². The quantitative estimate of drug-likeness (QED) is 0.766. The highest BCUT2D eigenvalue weighted by atomic mass is 16.6. The minimum Gasteiger partial charge on any atom is -0.457 e. The summed E-state index contributed by atoms with van der Waals surface area (Å²) in [5.41, 5.74) is 0.389. The van der Waals surface area contributed by atoms with Gasteiger partial charge in [-0.15, -0.1) is 0 Å². The molecule has 1 aliphatic heterocycles. The van der Waals surface area contributed by atoms with Crippen LogP contribution in [0.15, 0.2) is 48.8 Å². The number of ether oxygens (including phenoxy) is 3. The number of benzene rings is 1. The molecule has 0 radical (unpaired) electrons. The molecule has 2 aromatic rings. The van der Waals surface area contributed by atoms with Gasteiger partial charge in [0.2, 0.25) is 0 Å². The molecule has 3 rings (SSSR count). The third kappa shape index (κ3) is 4.35. The van der Waals surface area contributed by atoms with Gasteiger partial charge in [-0.1, -0.05) is 37.3 Å². The smallest absolute Gasteiger partial charge is 0.316 e. The lowest BCUT2D eigenvalue weighted by Gasteiger charge is -2.30. The highest BCUT2D eigenvalue weighted by Gasteiger charge is 2.52. The Morgan fingerprint density at radius 3 is 2.52 bits per heavy atom. The molecule has 0 saturated carbocycles. The third-order valence-electron chi connectivity index (χ3n) is 4.72. The van der Waals surface area contributed by atoms with Crippen LogP contribution in [0.25, 0.3) is 0 Å². The van der Waals surface area contributed by atoms with Gasteiger partial charge in [0.15, 0.2) is 0 Å². The van der Waals surface area contributed by atoms with Crippen LogP contribution in [0.1, 0.15) is 39.2 Å². The zero-order valence-electron chi connectivity index (χ0n) is 15.1. The third-order valence-corrected chi connectivity index (χ3v) is 4.72. The Kier molecular flexibility index (Phi) is 5.35. The summed E-state index contributed by atoms with van der Waals surface area (Å²) in [5.74, 6) is 0. The van der Waals surface area contributed by atoms with Gasteiger partial charge in [0, 0.05) is 18.8 Å². The van der Waals surface area contributed by atoms with Crippen LogP contribution in [-0.2, 0) is 16.1 Å². The molecule has 0 amide bonds. The number of hydrogen-bond donors (Lipinski definition) is 0. The summed E-state index contributed by atoms with van der Waals surface area (Å²) in [5, 5.41) is 0. The van der Waals surface area contributed by atoms with Gasteiger partial charge in [-0.2, -0.15) is 0 Å².